The fraction of sp³-hybridized carbons (Fsp3) is 0.800. The number of piperidine rings is 1. The second-order valence-corrected chi connectivity index (χ2v) is 6.54. The highest BCUT2D eigenvalue weighted by molar-refractivity contribution is 7.09. The molecule has 0 bridgehead atoms. The van der Waals surface area contributed by atoms with Crippen molar-refractivity contribution in [1.29, 1.82) is 0 Å². The molecule has 0 spiro atoms. The third-order valence-electron chi connectivity index (χ3n) is 3.96. The van der Waals surface area contributed by atoms with Gasteiger partial charge in [-0.1, -0.05) is 6.92 Å². The van der Waals surface area contributed by atoms with E-state index in [0.29, 0.717) is 0 Å². The van der Waals surface area contributed by atoms with E-state index in [1.807, 2.05) is 18.4 Å². The molecule has 6 heteroatoms. The van der Waals surface area contributed by atoms with Gasteiger partial charge in [0.05, 0.1) is 10.7 Å². The van der Waals surface area contributed by atoms with Crippen molar-refractivity contribution >= 4 is 36.2 Å². The van der Waals surface area contributed by atoms with Crippen LogP contribution in [0.25, 0.3) is 0 Å². The van der Waals surface area contributed by atoms with Crippen LogP contribution < -0.4 is 5.32 Å². The summed E-state index contributed by atoms with van der Waals surface area (Å²) >= 11 is 1.83. The lowest BCUT2D eigenvalue weighted by molar-refractivity contribution is 0.171. The van der Waals surface area contributed by atoms with Gasteiger partial charge in [0, 0.05) is 11.9 Å². The van der Waals surface area contributed by atoms with Crippen molar-refractivity contribution < 1.29 is 0 Å². The van der Waals surface area contributed by atoms with Crippen LogP contribution in [0.4, 0.5) is 0 Å². The number of nitrogens with zero attached hydrogens (tertiary/aromatic N) is 2. The Hall–Kier alpha value is 0.130. The minimum atomic E-state index is 0. The van der Waals surface area contributed by atoms with Gasteiger partial charge in [0.25, 0.3) is 0 Å². The summed E-state index contributed by atoms with van der Waals surface area (Å²) in [4.78, 5) is 7.30. The summed E-state index contributed by atoms with van der Waals surface area (Å²) in [5.74, 6) is 0.926. The van der Waals surface area contributed by atoms with E-state index in [4.69, 9.17) is 4.98 Å². The molecule has 2 rings (SSSR count). The van der Waals surface area contributed by atoms with Gasteiger partial charge in [-0.15, -0.1) is 36.2 Å². The number of hydrogen-bond acceptors (Lipinski definition) is 4. The molecule has 1 N–H and O–H groups in total. The lowest BCUT2D eigenvalue weighted by Crippen LogP contribution is -2.34. The first-order valence-electron chi connectivity index (χ1n) is 7.62. The summed E-state index contributed by atoms with van der Waals surface area (Å²) in [6.07, 6.45) is 6.38. The van der Waals surface area contributed by atoms with E-state index in [0.717, 1.165) is 25.4 Å². The second kappa shape index (κ2) is 11.7. The molecule has 0 radical (unpaired) electrons. The normalized spacial score (nSPS) is 16.3. The lowest BCUT2D eigenvalue weighted by atomic mass is 9.93. The minimum absolute atomic E-state index is 0. The van der Waals surface area contributed by atoms with E-state index in [-0.39, 0.29) is 24.8 Å². The molecular formula is C15H29Cl2N3S. The van der Waals surface area contributed by atoms with Crippen molar-refractivity contribution in [1.82, 2.24) is 15.2 Å². The Morgan fingerprint density at radius 3 is 2.67 bits per heavy atom. The third-order valence-corrected chi connectivity index (χ3v) is 4.92. The maximum absolute atomic E-state index is 4.73. The summed E-state index contributed by atoms with van der Waals surface area (Å²) in [5, 5.41) is 6.81. The first kappa shape index (κ1) is 21.1. The summed E-state index contributed by atoms with van der Waals surface area (Å²) in [7, 11) is 2.05. The summed E-state index contributed by atoms with van der Waals surface area (Å²) in [6.45, 7) is 6.93. The van der Waals surface area contributed by atoms with Crippen molar-refractivity contribution in [2.75, 3.05) is 26.7 Å². The first-order chi connectivity index (χ1) is 9.31. The molecule has 1 aromatic heterocycles. The number of rotatable bonds is 7. The van der Waals surface area contributed by atoms with Crippen molar-refractivity contribution in [3.8, 4) is 0 Å². The van der Waals surface area contributed by atoms with Crippen LogP contribution in [0.3, 0.4) is 0 Å². The Labute approximate surface area is 145 Å². The summed E-state index contributed by atoms with van der Waals surface area (Å²) in [5.41, 5.74) is 1.28. The van der Waals surface area contributed by atoms with Crippen LogP contribution in [-0.4, -0.2) is 36.6 Å². The molecule has 1 saturated heterocycles. The molecule has 0 atom stereocenters. The number of aryl methyl sites for hydroxylation is 1. The highest BCUT2D eigenvalue weighted by atomic mass is 35.5. The van der Waals surface area contributed by atoms with Crippen LogP contribution in [0.5, 0.6) is 0 Å². The molecule has 0 saturated carbocycles. The molecule has 0 amide bonds. The average Bonchev–Trinajstić information content (AvgIpc) is 2.86. The molecule has 3 nitrogen and oxygen atoms in total. The van der Waals surface area contributed by atoms with Crippen molar-refractivity contribution in [2.24, 2.45) is 5.92 Å². The highest BCUT2D eigenvalue weighted by Crippen LogP contribution is 2.22. The van der Waals surface area contributed by atoms with Crippen LogP contribution in [0.2, 0.25) is 0 Å². The second-order valence-electron chi connectivity index (χ2n) is 5.59. The van der Waals surface area contributed by atoms with Gasteiger partial charge in [0.2, 0.25) is 0 Å². The minimum Gasteiger partial charge on any atom is -0.320 e. The van der Waals surface area contributed by atoms with E-state index in [2.05, 4.69) is 22.5 Å². The zero-order chi connectivity index (χ0) is 13.5. The zero-order valence-corrected chi connectivity index (χ0v) is 15.6. The molecular weight excluding hydrogens is 325 g/mol. The van der Waals surface area contributed by atoms with Gasteiger partial charge in [-0.25, -0.2) is 4.98 Å². The third kappa shape index (κ3) is 7.29. The topological polar surface area (TPSA) is 28.2 Å². The van der Waals surface area contributed by atoms with E-state index >= 15 is 0 Å². The SMILES string of the molecule is CCCc1nc(CN2CCC(CCNC)CC2)cs1.Cl.Cl. The van der Waals surface area contributed by atoms with E-state index in [1.165, 1.54) is 49.5 Å². The maximum Gasteiger partial charge on any atom is 0.0928 e. The van der Waals surface area contributed by atoms with Crippen LogP contribution in [0.15, 0.2) is 5.38 Å². The predicted octanol–water partition coefficient (Wildman–Crippen LogP) is 3.76. The lowest BCUT2D eigenvalue weighted by Gasteiger charge is -2.31. The largest absolute Gasteiger partial charge is 0.320 e. The first-order valence-corrected chi connectivity index (χ1v) is 8.50. The summed E-state index contributed by atoms with van der Waals surface area (Å²) < 4.78 is 0. The fourth-order valence-electron chi connectivity index (χ4n) is 2.76. The average molecular weight is 354 g/mol. The Morgan fingerprint density at radius 1 is 1.33 bits per heavy atom. The van der Waals surface area contributed by atoms with Gasteiger partial charge in [-0.2, -0.15) is 0 Å². The molecule has 0 aromatic carbocycles. The molecule has 1 aromatic rings. The van der Waals surface area contributed by atoms with Crippen molar-refractivity contribution in [3.63, 3.8) is 0 Å². The number of hydrogen-bond donors (Lipinski definition) is 1. The zero-order valence-electron chi connectivity index (χ0n) is 13.1. The molecule has 124 valence electrons. The molecule has 1 aliphatic rings. The smallest absolute Gasteiger partial charge is 0.0928 e. The Kier molecular flexibility index (Phi) is 11.7. The monoisotopic (exact) mass is 353 g/mol. The van der Waals surface area contributed by atoms with E-state index < -0.39 is 0 Å². The van der Waals surface area contributed by atoms with Gasteiger partial charge in [0.15, 0.2) is 0 Å². The Bertz CT molecular complexity index is 366. The van der Waals surface area contributed by atoms with Crippen LogP contribution >= 0.6 is 36.2 Å². The molecule has 0 unspecified atom stereocenters. The Balaban J connectivity index is 0.00000200. The molecule has 2 heterocycles. The predicted molar refractivity (Wildman–Crippen MR) is 97.1 cm³/mol. The highest BCUT2D eigenvalue weighted by Gasteiger charge is 2.19. The van der Waals surface area contributed by atoms with Crippen LogP contribution in [0.1, 0.15) is 43.3 Å². The fourth-order valence-corrected chi connectivity index (χ4v) is 3.65. The van der Waals surface area contributed by atoms with Gasteiger partial charge in [0.1, 0.15) is 0 Å². The number of likely N-dealkylation sites (tertiary alicyclic amines) is 1. The van der Waals surface area contributed by atoms with Gasteiger partial charge >= 0.3 is 0 Å². The standard InChI is InChI=1S/C15H27N3S.2ClH/c1-3-4-15-17-14(12-19-15)11-18-9-6-13(7-10-18)5-8-16-2;;/h12-13,16H,3-11H2,1-2H3;2*1H. The number of thiazole rings is 1. The number of halogens is 2. The van der Waals surface area contributed by atoms with Gasteiger partial charge in [-0.05, 0) is 64.7 Å². The molecule has 1 fully saturated rings. The molecule has 1 aliphatic heterocycles. The van der Waals surface area contributed by atoms with Crippen LogP contribution in [0, 0.1) is 5.92 Å². The van der Waals surface area contributed by atoms with Gasteiger partial charge < -0.3 is 5.32 Å². The summed E-state index contributed by atoms with van der Waals surface area (Å²) in [6, 6.07) is 0. The quantitative estimate of drug-likeness (QED) is 0.808. The molecule has 0 aliphatic carbocycles. The van der Waals surface area contributed by atoms with Crippen LogP contribution in [-0.2, 0) is 13.0 Å². The van der Waals surface area contributed by atoms with Gasteiger partial charge in [-0.3, -0.25) is 4.90 Å². The number of nitrogens with one attached hydrogen (secondary N) is 1. The Morgan fingerprint density at radius 2 is 2.05 bits per heavy atom. The van der Waals surface area contributed by atoms with E-state index in [9.17, 15) is 0 Å². The molecule has 21 heavy (non-hydrogen) atoms. The maximum atomic E-state index is 4.73. The van der Waals surface area contributed by atoms with E-state index in [1.54, 1.807) is 0 Å². The number of aromatic nitrogens is 1. The van der Waals surface area contributed by atoms with Crippen molar-refractivity contribution in [2.45, 2.75) is 45.6 Å². The van der Waals surface area contributed by atoms with Crippen molar-refractivity contribution in [3.05, 3.63) is 16.1 Å².